The third-order valence-corrected chi connectivity index (χ3v) is 6.20. The van der Waals surface area contributed by atoms with Crippen molar-refractivity contribution >= 4 is 34.5 Å². The maximum absolute atomic E-state index is 12.9. The van der Waals surface area contributed by atoms with Crippen molar-refractivity contribution in [2.45, 2.75) is 32.0 Å². The molecule has 37 heavy (non-hydrogen) atoms. The van der Waals surface area contributed by atoms with Crippen LogP contribution in [0.3, 0.4) is 0 Å². The van der Waals surface area contributed by atoms with Crippen molar-refractivity contribution in [1.82, 2.24) is 24.4 Å². The lowest BCUT2D eigenvalue weighted by Crippen LogP contribution is -2.27. The molecule has 1 aliphatic heterocycles. The van der Waals surface area contributed by atoms with Gasteiger partial charge in [0.1, 0.15) is 0 Å². The van der Waals surface area contributed by atoms with E-state index in [1.54, 1.807) is 10.9 Å². The average Bonchev–Trinajstić information content (AvgIpc) is 3.48. The quantitative estimate of drug-likeness (QED) is 0.307. The molecule has 2 aromatic carbocycles. The van der Waals surface area contributed by atoms with Crippen molar-refractivity contribution in [3.63, 3.8) is 0 Å². The van der Waals surface area contributed by atoms with Gasteiger partial charge in [0.15, 0.2) is 17.0 Å². The third-order valence-electron chi connectivity index (χ3n) is 6.20. The molecule has 2 aromatic heterocycles. The zero-order valence-electron chi connectivity index (χ0n) is 20.0. The van der Waals surface area contributed by atoms with Crippen molar-refractivity contribution in [1.29, 1.82) is 0 Å². The first-order valence-electron chi connectivity index (χ1n) is 12.1. The molecular formula is C26H26F3N7O. The molecule has 3 heterocycles. The lowest BCUT2D eigenvalue weighted by atomic mass is 10.1. The van der Waals surface area contributed by atoms with Gasteiger partial charge in [-0.05, 0) is 42.7 Å². The summed E-state index contributed by atoms with van der Waals surface area (Å²) in [6.07, 6.45) is -0.495. The molecule has 4 aromatic rings. The number of fused-ring (bicyclic) bond motifs is 1. The molecule has 0 spiro atoms. The number of amides is 1. The van der Waals surface area contributed by atoms with E-state index >= 15 is 0 Å². The number of likely N-dealkylation sites (tertiary alicyclic amines) is 1. The summed E-state index contributed by atoms with van der Waals surface area (Å²) in [5.74, 6) is 1.10. The Bertz CT molecular complexity index is 1370. The van der Waals surface area contributed by atoms with Crippen molar-refractivity contribution in [2.24, 2.45) is 0 Å². The number of carbonyl (C=O) groups excluding carboxylic acids is 1. The van der Waals surface area contributed by atoms with Crippen LogP contribution in [-0.4, -0.2) is 50.0 Å². The first kappa shape index (κ1) is 24.5. The maximum atomic E-state index is 12.9. The van der Waals surface area contributed by atoms with Gasteiger partial charge < -0.3 is 20.1 Å². The summed E-state index contributed by atoms with van der Waals surface area (Å²) in [7, 11) is 0. The van der Waals surface area contributed by atoms with Crippen molar-refractivity contribution in [3.05, 3.63) is 72.1 Å². The Morgan fingerprint density at radius 3 is 2.49 bits per heavy atom. The van der Waals surface area contributed by atoms with E-state index in [0.29, 0.717) is 54.5 Å². The minimum atomic E-state index is -4.38. The lowest BCUT2D eigenvalue weighted by Gasteiger charge is -2.16. The lowest BCUT2D eigenvalue weighted by molar-refractivity contribution is -0.137. The number of aromatic nitrogens is 4. The molecule has 0 aliphatic carbocycles. The Morgan fingerprint density at radius 1 is 1.00 bits per heavy atom. The maximum Gasteiger partial charge on any atom is 0.416 e. The van der Waals surface area contributed by atoms with Gasteiger partial charge in [0.05, 0.1) is 18.4 Å². The number of para-hydroxylation sites is 1. The fraction of sp³-hybridized carbons (Fsp3) is 0.308. The van der Waals surface area contributed by atoms with E-state index in [1.165, 1.54) is 12.1 Å². The predicted octanol–water partition coefficient (Wildman–Crippen LogP) is 5.06. The van der Waals surface area contributed by atoms with Crippen molar-refractivity contribution in [2.75, 3.05) is 30.3 Å². The van der Waals surface area contributed by atoms with E-state index in [-0.39, 0.29) is 5.91 Å². The zero-order valence-corrected chi connectivity index (χ0v) is 20.0. The summed E-state index contributed by atoms with van der Waals surface area (Å²) < 4.78 is 40.6. The molecule has 5 rings (SSSR count). The number of halogens is 3. The molecule has 11 heteroatoms. The molecule has 1 fully saturated rings. The molecule has 192 valence electrons. The highest BCUT2D eigenvalue weighted by atomic mass is 19.4. The van der Waals surface area contributed by atoms with E-state index in [9.17, 15) is 18.0 Å². The van der Waals surface area contributed by atoms with Gasteiger partial charge in [-0.2, -0.15) is 23.1 Å². The molecule has 0 radical (unpaired) electrons. The smallest absolute Gasteiger partial charge is 0.368 e. The number of hydrogen-bond acceptors (Lipinski definition) is 6. The SMILES string of the molecule is O=C1CCCN1CCCNc1nc(Nc2ccccc2)nc2c1ncn2Cc1ccc(C(F)(F)F)cc1. The van der Waals surface area contributed by atoms with Crippen LogP contribution in [0.4, 0.5) is 30.6 Å². The molecule has 8 nitrogen and oxygen atoms in total. The summed E-state index contributed by atoms with van der Waals surface area (Å²) in [6.45, 7) is 2.37. The standard InChI is InChI=1S/C26H26F3N7O/c27-26(28,29)19-11-9-18(10-12-19)16-36-17-31-22-23(30-13-5-15-35-14-4-8-21(35)37)33-25(34-24(22)36)32-20-6-2-1-3-7-20/h1-3,6-7,9-12,17H,4-5,8,13-16H2,(H2,30,32,33,34). The molecule has 0 saturated carbocycles. The number of alkyl halides is 3. The Labute approximate surface area is 211 Å². The summed E-state index contributed by atoms with van der Waals surface area (Å²) in [5.41, 5.74) is 1.92. The summed E-state index contributed by atoms with van der Waals surface area (Å²) in [5, 5.41) is 6.53. The molecule has 1 aliphatic rings. The second-order valence-corrected chi connectivity index (χ2v) is 8.89. The normalized spacial score (nSPS) is 13.9. The first-order valence-corrected chi connectivity index (χ1v) is 12.1. The summed E-state index contributed by atoms with van der Waals surface area (Å²) in [4.78, 5) is 27.5. The van der Waals surface area contributed by atoms with Crippen LogP contribution in [0, 0.1) is 0 Å². The Hall–Kier alpha value is -4.15. The zero-order chi connectivity index (χ0) is 25.8. The molecule has 1 saturated heterocycles. The van der Waals surface area contributed by atoms with Gasteiger partial charge in [0, 0.05) is 31.7 Å². The van der Waals surface area contributed by atoms with Gasteiger partial charge in [-0.3, -0.25) is 4.79 Å². The Morgan fingerprint density at radius 2 is 1.78 bits per heavy atom. The third kappa shape index (κ3) is 5.82. The number of benzene rings is 2. The minimum Gasteiger partial charge on any atom is -0.368 e. The number of hydrogen-bond donors (Lipinski definition) is 2. The summed E-state index contributed by atoms with van der Waals surface area (Å²) >= 11 is 0. The van der Waals surface area contributed by atoms with Crippen LogP contribution in [0.25, 0.3) is 11.2 Å². The Kier molecular flexibility index (Phi) is 6.93. The van der Waals surface area contributed by atoms with Crippen LogP contribution in [0.5, 0.6) is 0 Å². The number of rotatable bonds is 9. The van der Waals surface area contributed by atoms with Gasteiger partial charge in [-0.1, -0.05) is 30.3 Å². The number of nitrogens with zero attached hydrogens (tertiary/aromatic N) is 5. The molecule has 0 unspecified atom stereocenters. The van der Waals surface area contributed by atoms with Gasteiger partial charge in [-0.25, -0.2) is 4.98 Å². The first-order chi connectivity index (χ1) is 17.9. The summed E-state index contributed by atoms with van der Waals surface area (Å²) in [6, 6.07) is 14.6. The van der Waals surface area contributed by atoms with Gasteiger partial charge in [0.2, 0.25) is 11.9 Å². The van der Waals surface area contributed by atoms with Crippen LogP contribution in [0.15, 0.2) is 60.9 Å². The monoisotopic (exact) mass is 509 g/mol. The minimum absolute atomic E-state index is 0.195. The largest absolute Gasteiger partial charge is 0.416 e. The van der Waals surface area contributed by atoms with Crippen molar-refractivity contribution in [3.8, 4) is 0 Å². The van der Waals surface area contributed by atoms with Crippen molar-refractivity contribution < 1.29 is 18.0 Å². The Balaban J connectivity index is 1.38. The highest BCUT2D eigenvalue weighted by Crippen LogP contribution is 2.29. The van der Waals surface area contributed by atoms with Gasteiger partial charge in [0.25, 0.3) is 0 Å². The van der Waals surface area contributed by atoms with Crippen LogP contribution in [-0.2, 0) is 17.5 Å². The number of nitrogens with one attached hydrogen (secondary N) is 2. The average molecular weight is 510 g/mol. The van der Waals surface area contributed by atoms with E-state index < -0.39 is 11.7 Å². The van der Waals surface area contributed by atoms with E-state index in [0.717, 1.165) is 37.2 Å². The van der Waals surface area contributed by atoms with Crippen LogP contribution in [0.2, 0.25) is 0 Å². The van der Waals surface area contributed by atoms with Gasteiger partial charge >= 0.3 is 6.18 Å². The molecule has 0 bridgehead atoms. The van der Waals surface area contributed by atoms with Crippen LogP contribution < -0.4 is 10.6 Å². The molecular weight excluding hydrogens is 483 g/mol. The van der Waals surface area contributed by atoms with Crippen LogP contribution >= 0.6 is 0 Å². The highest BCUT2D eigenvalue weighted by Gasteiger charge is 2.30. The number of imidazole rings is 1. The number of anilines is 3. The molecule has 0 atom stereocenters. The number of carbonyl (C=O) groups is 1. The van der Waals surface area contributed by atoms with E-state index in [4.69, 9.17) is 0 Å². The van der Waals surface area contributed by atoms with Crippen LogP contribution in [0.1, 0.15) is 30.4 Å². The van der Waals surface area contributed by atoms with Gasteiger partial charge in [-0.15, -0.1) is 0 Å². The van der Waals surface area contributed by atoms with E-state index in [1.807, 2.05) is 35.2 Å². The topological polar surface area (TPSA) is 88.0 Å². The highest BCUT2D eigenvalue weighted by molar-refractivity contribution is 5.84. The molecule has 2 N–H and O–H groups in total. The fourth-order valence-corrected chi connectivity index (χ4v) is 4.30. The second kappa shape index (κ2) is 10.5. The predicted molar refractivity (Wildman–Crippen MR) is 135 cm³/mol. The fourth-order valence-electron chi connectivity index (χ4n) is 4.30. The second-order valence-electron chi connectivity index (χ2n) is 8.89. The van der Waals surface area contributed by atoms with E-state index in [2.05, 4.69) is 25.6 Å². The molecule has 1 amide bonds.